The van der Waals surface area contributed by atoms with Gasteiger partial charge < -0.3 is 30.3 Å². The van der Waals surface area contributed by atoms with Gasteiger partial charge in [-0.25, -0.2) is 4.79 Å². The Morgan fingerprint density at radius 3 is 1.92 bits per heavy atom. The number of carbonyl (C=O) groups excluding carboxylic acids is 2. The molecule has 9 heteroatoms. The van der Waals surface area contributed by atoms with E-state index in [1.54, 1.807) is 39.8 Å². The van der Waals surface area contributed by atoms with Gasteiger partial charge in [0.25, 0.3) is 11.8 Å². The van der Waals surface area contributed by atoms with Crippen molar-refractivity contribution in [2.75, 3.05) is 10.6 Å². The van der Waals surface area contributed by atoms with Crippen LogP contribution in [0.4, 0.5) is 11.4 Å². The van der Waals surface area contributed by atoms with E-state index in [4.69, 9.17) is 9.47 Å². The van der Waals surface area contributed by atoms with Gasteiger partial charge in [-0.3, -0.25) is 9.59 Å². The zero-order valence-corrected chi connectivity index (χ0v) is 21.3. The fraction of sp³-hybridized carbons (Fsp3) is 0.250. The molecule has 0 aliphatic carbocycles. The molecule has 0 aliphatic heterocycles. The third-order valence-corrected chi connectivity index (χ3v) is 5.13. The molecule has 3 aromatic rings. The molecule has 0 radical (unpaired) electrons. The number of amides is 2. The summed E-state index contributed by atoms with van der Waals surface area (Å²) in [6, 6.07) is 13.9. The summed E-state index contributed by atoms with van der Waals surface area (Å²) in [5, 5.41) is 25.6. The van der Waals surface area contributed by atoms with Crippen molar-refractivity contribution in [3.8, 4) is 17.2 Å². The fourth-order valence-corrected chi connectivity index (χ4v) is 3.41. The number of aryl methyl sites for hydroxylation is 1. The Balaban J connectivity index is 1.93. The largest absolute Gasteiger partial charge is 0.504 e. The number of ether oxygens (including phenoxy) is 2. The summed E-state index contributed by atoms with van der Waals surface area (Å²) >= 11 is 0. The van der Waals surface area contributed by atoms with Gasteiger partial charge in [0.1, 0.15) is 5.75 Å². The van der Waals surface area contributed by atoms with Crippen LogP contribution in [-0.2, 0) is 0 Å². The van der Waals surface area contributed by atoms with Gasteiger partial charge >= 0.3 is 5.97 Å². The zero-order valence-electron chi connectivity index (χ0n) is 21.3. The SMILES string of the molecule is Cc1ccc(C(=O)Nc2ccc(C(=O)Nc3ccc(C(=O)O)cc3OC(C)C)c(O)c2OC(C)C)cc1. The Bertz CT molecular complexity index is 1310. The monoisotopic (exact) mass is 506 g/mol. The number of benzene rings is 3. The predicted octanol–water partition coefficient (Wildman–Crippen LogP) is 5.48. The number of carbonyl (C=O) groups is 3. The smallest absolute Gasteiger partial charge is 0.335 e. The van der Waals surface area contributed by atoms with Crippen LogP contribution in [-0.4, -0.2) is 40.2 Å². The molecule has 0 unspecified atom stereocenters. The number of carboxylic acids is 1. The van der Waals surface area contributed by atoms with Crippen LogP contribution in [0.3, 0.4) is 0 Å². The molecule has 0 fully saturated rings. The van der Waals surface area contributed by atoms with Crippen LogP contribution in [0.1, 0.15) is 64.3 Å². The molecule has 0 spiro atoms. The minimum absolute atomic E-state index is 0.00205. The Labute approximate surface area is 215 Å². The lowest BCUT2D eigenvalue weighted by atomic mass is 10.1. The first-order chi connectivity index (χ1) is 17.5. The van der Waals surface area contributed by atoms with Crippen molar-refractivity contribution in [3.63, 3.8) is 0 Å². The van der Waals surface area contributed by atoms with Gasteiger partial charge in [-0.1, -0.05) is 17.7 Å². The highest BCUT2D eigenvalue weighted by molar-refractivity contribution is 6.10. The number of phenolic OH excluding ortho intramolecular Hbond substituents is 1. The number of carboxylic acid groups (broad SMARTS) is 1. The number of aromatic carboxylic acids is 1. The first-order valence-electron chi connectivity index (χ1n) is 11.7. The van der Waals surface area contributed by atoms with Crippen molar-refractivity contribution < 1.29 is 34.1 Å². The van der Waals surface area contributed by atoms with Crippen molar-refractivity contribution in [2.45, 2.75) is 46.8 Å². The molecular weight excluding hydrogens is 476 g/mol. The van der Waals surface area contributed by atoms with Gasteiger partial charge in [-0.2, -0.15) is 0 Å². The van der Waals surface area contributed by atoms with Crippen molar-refractivity contribution in [1.82, 2.24) is 0 Å². The maximum absolute atomic E-state index is 13.1. The van der Waals surface area contributed by atoms with Crippen LogP contribution in [0.5, 0.6) is 17.2 Å². The molecule has 194 valence electrons. The number of rotatable bonds is 9. The molecular formula is C28H30N2O7. The number of phenols is 1. The molecule has 3 aromatic carbocycles. The molecule has 3 rings (SSSR count). The lowest BCUT2D eigenvalue weighted by Gasteiger charge is -2.19. The molecule has 0 aliphatic rings. The van der Waals surface area contributed by atoms with Crippen LogP contribution < -0.4 is 20.1 Å². The van der Waals surface area contributed by atoms with E-state index in [0.29, 0.717) is 5.56 Å². The van der Waals surface area contributed by atoms with E-state index in [1.807, 2.05) is 19.1 Å². The van der Waals surface area contributed by atoms with Crippen LogP contribution >= 0.6 is 0 Å². The number of hydrogen-bond acceptors (Lipinski definition) is 6. The van der Waals surface area contributed by atoms with E-state index in [9.17, 15) is 24.6 Å². The molecule has 0 heterocycles. The van der Waals surface area contributed by atoms with Crippen LogP contribution in [0.25, 0.3) is 0 Å². The first kappa shape index (κ1) is 27.1. The molecule has 0 bridgehead atoms. The van der Waals surface area contributed by atoms with Crippen molar-refractivity contribution in [3.05, 3.63) is 76.9 Å². The molecule has 0 aromatic heterocycles. The second-order valence-corrected chi connectivity index (χ2v) is 8.96. The zero-order chi connectivity index (χ0) is 27.3. The topological polar surface area (TPSA) is 134 Å². The van der Waals surface area contributed by atoms with Crippen molar-refractivity contribution in [2.24, 2.45) is 0 Å². The van der Waals surface area contributed by atoms with Gasteiger partial charge in [-0.15, -0.1) is 0 Å². The molecule has 0 atom stereocenters. The lowest BCUT2D eigenvalue weighted by Crippen LogP contribution is -2.18. The number of nitrogens with one attached hydrogen (secondary N) is 2. The molecule has 9 nitrogen and oxygen atoms in total. The Morgan fingerprint density at radius 1 is 0.757 bits per heavy atom. The van der Waals surface area contributed by atoms with Crippen molar-refractivity contribution in [1.29, 1.82) is 0 Å². The molecule has 0 saturated heterocycles. The van der Waals surface area contributed by atoms with E-state index >= 15 is 0 Å². The van der Waals surface area contributed by atoms with Crippen molar-refractivity contribution >= 4 is 29.2 Å². The fourth-order valence-electron chi connectivity index (χ4n) is 3.41. The number of hydrogen-bond donors (Lipinski definition) is 4. The summed E-state index contributed by atoms with van der Waals surface area (Å²) in [6.07, 6.45) is -0.649. The highest BCUT2D eigenvalue weighted by atomic mass is 16.5. The third-order valence-electron chi connectivity index (χ3n) is 5.13. The number of aromatic hydroxyl groups is 1. The summed E-state index contributed by atoms with van der Waals surface area (Å²) in [6.45, 7) is 8.94. The average Bonchev–Trinajstić information content (AvgIpc) is 2.82. The van der Waals surface area contributed by atoms with Crippen LogP contribution in [0, 0.1) is 6.92 Å². The van der Waals surface area contributed by atoms with E-state index in [2.05, 4.69) is 10.6 Å². The minimum Gasteiger partial charge on any atom is -0.504 e. The molecule has 4 N–H and O–H groups in total. The highest BCUT2D eigenvalue weighted by Gasteiger charge is 2.23. The summed E-state index contributed by atoms with van der Waals surface area (Å²) in [5.74, 6) is -2.56. The molecule has 0 saturated carbocycles. The second-order valence-electron chi connectivity index (χ2n) is 8.96. The van der Waals surface area contributed by atoms with E-state index in [0.717, 1.165) is 5.56 Å². The Kier molecular flexibility index (Phi) is 8.39. The molecule has 37 heavy (non-hydrogen) atoms. The van der Waals surface area contributed by atoms with E-state index in [-0.39, 0.29) is 46.2 Å². The Hall–Kier alpha value is -4.53. The molecule has 2 amide bonds. The Morgan fingerprint density at radius 2 is 1.32 bits per heavy atom. The van der Waals surface area contributed by atoms with E-state index in [1.165, 1.54) is 30.3 Å². The predicted molar refractivity (Wildman–Crippen MR) is 140 cm³/mol. The average molecular weight is 507 g/mol. The standard InChI is InChI=1S/C28H30N2O7/c1-15(2)36-23-14-19(28(34)35)10-12-21(23)29-27(33)20-11-13-22(25(24(20)31)37-16(3)4)30-26(32)18-8-6-17(5)7-9-18/h6-16,31H,1-5H3,(H,29,33)(H,30,32)(H,34,35). The number of anilines is 2. The van der Waals surface area contributed by atoms with Gasteiger partial charge in [0.2, 0.25) is 0 Å². The second kappa shape index (κ2) is 11.5. The van der Waals surface area contributed by atoms with Gasteiger partial charge in [0.15, 0.2) is 11.5 Å². The summed E-state index contributed by atoms with van der Waals surface area (Å²) in [5.41, 5.74) is 1.74. The first-order valence-corrected chi connectivity index (χ1v) is 11.7. The van der Waals surface area contributed by atoms with Gasteiger partial charge in [-0.05, 0) is 77.1 Å². The highest BCUT2D eigenvalue weighted by Crippen LogP contribution is 2.39. The van der Waals surface area contributed by atoms with Gasteiger partial charge in [0.05, 0.1) is 34.7 Å². The normalized spacial score (nSPS) is 10.8. The summed E-state index contributed by atoms with van der Waals surface area (Å²) in [7, 11) is 0. The van der Waals surface area contributed by atoms with Crippen LogP contribution in [0.2, 0.25) is 0 Å². The van der Waals surface area contributed by atoms with Gasteiger partial charge in [0, 0.05) is 5.56 Å². The maximum Gasteiger partial charge on any atom is 0.335 e. The summed E-state index contributed by atoms with van der Waals surface area (Å²) < 4.78 is 11.4. The summed E-state index contributed by atoms with van der Waals surface area (Å²) in [4.78, 5) is 37.2. The quantitative estimate of drug-likeness (QED) is 0.302. The minimum atomic E-state index is -1.14. The van der Waals surface area contributed by atoms with E-state index < -0.39 is 23.5 Å². The maximum atomic E-state index is 13.1. The van der Waals surface area contributed by atoms with Crippen LogP contribution in [0.15, 0.2) is 54.6 Å². The lowest BCUT2D eigenvalue weighted by molar-refractivity contribution is 0.0695. The third kappa shape index (κ3) is 6.78.